The highest BCUT2D eigenvalue weighted by Gasteiger charge is 2.13. The third-order valence-electron chi connectivity index (χ3n) is 1.94. The van der Waals surface area contributed by atoms with Gasteiger partial charge in [0.2, 0.25) is 0 Å². The van der Waals surface area contributed by atoms with Crippen LogP contribution in [0.2, 0.25) is 0 Å². The molecule has 1 rings (SSSR count). The van der Waals surface area contributed by atoms with Crippen LogP contribution in [-0.2, 0) is 9.47 Å². The van der Waals surface area contributed by atoms with Gasteiger partial charge in [0.25, 0.3) is 0 Å². The van der Waals surface area contributed by atoms with Gasteiger partial charge in [-0.1, -0.05) is 6.92 Å². The molecule has 0 radical (unpaired) electrons. The third kappa shape index (κ3) is 4.04. The summed E-state index contributed by atoms with van der Waals surface area (Å²) in [7, 11) is 0. The lowest BCUT2D eigenvalue weighted by atomic mass is 10.3. The van der Waals surface area contributed by atoms with Gasteiger partial charge in [-0.3, -0.25) is 0 Å². The molecule has 0 saturated carbocycles. The van der Waals surface area contributed by atoms with E-state index >= 15 is 0 Å². The molecule has 0 unspecified atom stereocenters. The zero-order valence-corrected chi connectivity index (χ0v) is 7.84. The average Bonchev–Trinajstić information content (AvgIpc) is 2.57. The molecule has 0 aromatic heterocycles. The quantitative estimate of drug-likeness (QED) is 0.602. The van der Waals surface area contributed by atoms with Crippen LogP contribution in [0.5, 0.6) is 0 Å². The van der Waals surface area contributed by atoms with Crippen molar-refractivity contribution in [3.8, 4) is 0 Å². The van der Waals surface area contributed by atoms with Gasteiger partial charge in [-0.2, -0.15) is 0 Å². The zero-order valence-electron chi connectivity index (χ0n) is 7.84. The van der Waals surface area contributed by atoms with Crippen LogP contribution in [0.15, 0.2) is 0 Å². The molecule has 1 saturated heterocycles. The molecule has 0 amide bonds. The first kappa shape index (κ1) is 9.96. The lowest BCUT2D eigenvalue weighted by Crippen LogP contribution is -2.19. The maximum atomic E-state index is 5.56. The maximum Gasteiger partial charge on any atom is 0.0712 e. The highest BCUT2D eigenvalue weighted by atomic mass is 16.5. The first-order chi connectivity index (χ1) is 5.93. The molecule has 3 heteroatoms. The molecular weight excluding hydrogens is 154 g/mol. The Balaban J connectivity index is 1.81. The highest BCUT2D eigenvalue weighted by molar-refractivity contribution is 4.70. The molecule has 0 aliphatic carbocycles. The van der Waals surface area contributed by atoms with Crippen LogP contribution in [0.25, 0.3) is 0 Å². The largest absolute Gasteiger partial charge is 0.379 e. The average molecular weight is 173 g/mol. The normalized spacial score (nSPS) is 23.2. The molecule has 1 heterocycles. The number of nitrogens with one attached hydrogen (secondary N) is 1. The molecule has 3 nitrogen and oxygen atoms in total. The number of hydrogen-bond donors (Lipinski definition) is 1. The van der Waals surface area contributed by atoms with E-state index in [0.29, 0.717) is 6.10 Å². The maximum absolute atomic E-state index is 5.56. The molecule has 72 valence electrons. The van der Waals surface area contributed by atoms with Crippen LogP contribution >= 0.6 is 0 Å². The summed E-state index contributed by atoms with van der Waals surface area (Å²) in [5.74, 6) is 0. The van der Waals surface area contributed by atoms with E-state index in [0.717, 1.165) is 45.8 Å². The predicted octanol–water partition coefficient (Wildman–Crippen LogP) is 0.792. The molecule has 1 N–H and O–H groups in total. The van der Waals surface area contributed by atoms with Crippen molar-refractivity contribution < 1.29 is 9.47 Å². The van der Waals surface area contributed by atoms with Gasteiger partial charge in [-0.05, 0) is 19.4 Å². The Morgan fingerprint density at radius 2 is 2.25 bits per heavy atom. The van der Waals surface area contributed by atoms with E-state index in [-0.39, 0.29) is 0 Å². The second kappa shape index (κ2) is 6.40. The summed E-state index contributed by atoms with van der Waals surface area (Å²) in [5.41, 5.74) is 0. The standard InChI is InChI=1S/C9H19NO2/c1-2-5-11-6-7-12-9-3-4-10-8-9/h9-10H,2-8H2,1H3/t9-/m1/s1. The summed E-state index contributed by atoms with van der Waals surface area (Å²) < 4.78 is 10.9. The monoisotopic (exact) mass is 173 g/mol. The molecule has 0 bridgehead atoms. The number of ether oxygens (including phenoxy) is 2. The molecule has 1 aliphatic heterocycles. The molecule has 1 aliphatic rings. The van der Waals surface area contributed by atoms with Crippen molar-refractivity contribution in [3.05, 3.63) is 0 Å². The molecule has 0 aromatic rings. The minimum Gasteiger partial charge on any atom is -0.379 e. The van der Waals surface area contributed by atoms with Gasteiger partial charge >= 0.3 is 0 Å². The smallest absolute Gasteiger partial charge is 0.0712 e. The van der Waals surface area contributed by atoms with Gasteiger partial charge in [0, 0.05) is 13.2 Å². The second-order valence-corrected chi connectivity index (χ2v) is 3.10. The molecule has 1 atom stereocenters. The Kier molecular flexibility index (Phi) is 5.32. The summed E-state index contributed by atoms with van der Waals surface area (Å²) >= 11 is 0. The van der Waals surface area contributed by atoms with Crippen LogP contribution in [-0.4, -0.2) is 39.0 Å². The van der Waals surface area contributed by atoms with Crippen molar-refractivity contribution in [2.24, 2.45) is 0 Å². The van der Waals surface area contributed by atoms with Gasteiger partial charge in [-0.25, -0.2) is 0 Å². The van der Waals surface area contributed by atoms with E-state index in [4.69, 9.17) is 9.47 Å². The summed E-state index contributed by atoms with van der Waals surface area (Å²) in [6.45, 7) is 6.55. The van der Waals surface area contributed by atoms with E-state index in [1.54, 1.807) is 0 Å². The second-order valence-electron chi connectivity index (χ2n) is 3.10. The Labute approximate surface area is 74.4 Å². The van der Waals surface area contributed by atoms with E-state index in [2.05, 4.69) is 12.2 Å². The van der Waals surface area contributed by atoms with Crippen molar-refractivity contribution in [2.75, 3.05) is 32.9 Å². The van der Waals surface area contributed by atoms with E-state index in [1.165, 1.54) is 0 Å². The van der Waals surface area contributed by atoms with Crippen LogP contribution in [0, 0.1) is 0 Å². The molecule has 12 heavy (non-hydrogen) atoms. The van der Waals surface area contributed by atoms with E-state index < -0.39 is 0 Å². The van der Waals surface area contributed by atoms with Gasteiger partial charge in [0.15, 0.2) is 0 Å². The first-order valence-corrected chi connectivity index (χ1v) is 4.83. The van der Waals surface area contributed by atoms with Crippen LogP contribution in [0.3, 0.4) is 0 Å². The predicted molar refractivity (Wildman–Crippen MR) is 48.3 cm³/mol. The van der Waals surface area contributed by atoms with Gasteiger partial charge < -0.3 is 14.8 Å². The Bertz CT molecular complexity index is 103. The van der Waals surface area contributed by atoms with E-state index in [1.807, 2.05) is 0 Å². The van der Waals surface area contributed by atoms with Gasteiger partial charge in [-0.15, -0.1) is 0 Å². The molecular formula is C9H19NO2. The van der Waals surface area contributed by atoms with E-state index in [9.17, 15) is 0 Å². The number of hydrogen-bond acceptors (Lipinski definition) is 3. The topological polar surface area (TPSA) is 30.5 Å². The third-order valence-corrected chi connectivity index (χ3v) is 1.94. The van der Waals surface area contributed by atoms with Gasteiger partial charge in [0.05, 0.1) is 19.3 Å². The fourth-order valence-corrected chi connectivity index (χ4v) is 1.29. The minimum absolute atomic E-state index is 0.426. The summed E-state index contributed by atoms with van der Waals surface area (Å²) in [4.78, 5) is 0. The van der Waals surface area contributed by atoms with Crippen LogP contribution < -0.4 is 5.32 Å². The number of rotatable bonds is 6. The fraction of sp³-hybridized carbons (Fsp3) is 1.00. The fourth-order valence-electron chi connectivity index (χ4n) is 1.29. The van der Waals surface area contributed by atoms with Gasteiger partial charge in [0.1, 0.15) is 0 Å². The Hall–Kier alpha value is -0.120. The minimum atomic E-state index is 0.426. The summed E-state index contributed by atoms with van der Waals surface area (Å²) in [6, 6.07) is 0. The molecule has 1 fully saturated rings. The Morgan fingerprint density at radius 1 is 1.33 bits per heavy atom. The van der Waals surface area contributed by atoms with Crippen LogP contribution in [0.1, 0.15) is 19.8 Å². The lowest BCUT2D eigenvalue weighted by molar-refractivity contribution is 0.0133. The molecule has 0 aromatic carbocycles. The van der Waals surface area contributed by atoms with Crippen molar-refractivity contribution in [2.45, 2.75) is 25.9 Å². The highest BCUT2D eigenvalue weighted by Crippen LogP contribution is 2.02. The van der Waals surface area contributed by atoms with Crippen molar-refractivity contribution in [1.29, 1.82) is 0 Å². The lowest BCUT2D eigenvalue weighted by Gasteiger charge is -2.09. The Morgan fingerprint density at radius 3 is 2.92 bits per heavy atom. The van der Waals surface area contributed by atoms with Crippen molar-refractivity contribution >= 4 is 0 Å². The van der Waals surface area contributed by atoms with Crippen molar-refractivity contribution in [1.82, 2.24) is 5.32 Å². The zero-order chi connectivity index (χ0) is 8.65. The summed E-state index contributed by atoms with van der Waals surface area (Å²) in [6.07, 6.45) is 2.66. The first-order valence-electron chi connectivity index (χ1n) is 4.83. The van der Waals surface area contributed by atoms with Crippen molar-refractivity contribution in [3.63, 3.8) is 0 Å². The van der Waals surface area contributed by atoms with Crippen LogP contribution in [0.4, 0.5) is 0 Å². The molecule has 0 spiro atoms. The summed E-state index contributed by atoms with van der Waals surface area (Å²) in [5, 5.41) is 3.26. The SMILES string of the molecule is CCCOCCO[C@@H]1CCNC1.